The van der Waals surface area contributed by atoms with Crippen LogP contribution in [0.4, 0.5) is 5.95 Å². The molecule has 6 heteroatoms. The van der Waals surface area contributed by atoms with Gasteiger partial charge in [0.15, 0.2) is 6.10 Å². The summed E-state index contributed by atoms with van der Waals surface area (Å²) >= 11 is 0. The quantitative estimate of drug-likeness (QED) is 0.723. The molecule has 0 amide bonds. The van der Waals surface area contributed by atoms with E-state index in [1.807, 2.05) is 6.92 Å². The first-order chi connectivity index (χ1) is 9.19. The Bertz CT molecular complexity index is 405. The van der Waals surface area contributed by atoms with Crippen molar-refractivity contribution in [1.29, 1.82) is 0 Å². The molecular weight excluding hydrogens is 244 g/mol. The van der Waals surface area contributed by atoms with E-state index in [-0.39, 0.29) is 12.0 Å². The Hall–Kier alpha value is -2.03. The van der Waals surface area contributed by atoms with Gasteiger partial charge in [0.25, 0.3) is 0 Å². The van der Waals surface area contributed by atoms with Crippen molar-refractivity contribution in [3.8, 4) is 24.4 Å². The maximum atomic E-state index is 5.40. The minimum Gasteiger partial charge on any atom is -0.463 e. The zero-order valence-electron chi connectivity index (χ0n) is 11.6. The third kappa shape index (κ3) is 5.42. The molecule has 1 heterocycles. The van der Waals surface area contributed by atoms with Crippen LogP contribution in [0.25, 0.3) is 0 Å². The second-order valence-corrected chi connectivity index (χ2v) is 3.93. The van der Waals surface area contributed by atoms with Crippen molar-refractivity contribution in [2.24, 2.45) is 0 Å². The summed E-state index contributed by atoms with van der Waals surface area (Å²) in [6, 6.07) is 0.417. The first-order valence-electron chi connectivity index (χ1n) is 6.45. The van der Waals surface area contributed by atoms with Gasteiger partial charge < -0.3 is 14.8 Å². The smallest absolute Gasteiger partial charge is 0.325 e. The molecule has 0 spiro atoms. The molecular formula is C13H20N4O2. The maximum Gasteiger partial charge on any atom is 0.325 e. The fourth-order valence-corrected chi connectivity index (χ4v) is 1.16. The highest BCUT2D eigenvalue weighted by Gasteiger charge is 2.10. The highest BCUT2D eigenvalue weighted by Crippen LogP contribution is 2.14. The van der Waals surface area contributed by atoms with Gasteiger partial charge in [-0.1, -0.05) is 19.8 Å². The zero-order valence-corrected chi connectivity index (χ0v) is 11.6. The van der Waals surface area contributed by atoms with Gasteiger partial charge in [0, 0.05) is 6.54 Å². The molecule has 0 aliphatic rings. The van der Waals surface area contributed by atoms with E-state index in [9.17, 15) is 0 Å². The number of hydrogen-bond acceptors (Lipinski definition) is 6. The Labute approximate surface area is 114 Å². The normalized spacial score (nSPS) is 11.5. The van der Waals surface area contributed by atoms with Gasteiger partial charge in [-0.05, 0) is 19.8 Å². The minimum atomic E-state index is -0.402. The third-order valence-corrected chi connectivity index (χ3v) is 2.08. The lowest BCUT2D eigenvalue weighted by Crippen LogP contribution is -2.14. The van der Waals surface area contributed by atoms with E-state index >= 15 is 0 Å². The molecule has 104 valence electrons. The molecule has 1 atom stereocenters. The number of hydrogen-bond donors (Lipinski definition) is 1. The van der Waals surface area contributed by atoms with E-state index in [4.69, 9.17) is 15.9 Å². The van der Waals surface area contributed by atoms with E-state index in [2.05, 4.69) is 33.1 Å². The predicted octanol–water partition coefficient (Wildman–Crippen LogP) is 1.88. The number of aromatic nitrogens is 3. The van der Waals surface area contributed by atoms with E-state index in [0.29, 0.717) is 12.6 Å². The molecule has 19 heavy (non-hydrogen) atoms. The third-order valence-electron chi connectivity index (χ3n) is 2.08. The van der Waals surface area contributed by atoms with Gasteiger partial charge in [-0.3, -0.25) is 0 Å². The molecule has 6 nitrogen and oxygen atoms in total. The van der Waals surface area contributed by atoms with Crippen LogP contribution in [0.15, 0.2) is 0 Å². The van der Waals surface area contributed by atoms with Crippen molar-refractivity contribution in [2.75, 3.05) is 18.5 Å². The average molecular weight is 264 g/mol. The average Bonchev–Trinajstić information content (AvgIpc) is 2.42. The number of anilines is 1. The van der Waals surface area contributed by atoms with Crippen LogP contribution in [-0.4, -0.2) is 34.2 Å². The Morgan fingerprint density at radius 3 is 2.58 bits per heavy atom. The lowest BCUT2D eigenvalue weighted by molar-refractivity contribution is 0.240. The van der Waals surface area contributed by atoms with Crippen LogP contribution in [0, 0.1) is 12.3 Å². The molecule has 0 aromatic carbocycles. The summed E-state index contributed by atoms with van der Waals surface area (Å²) in [6.07, 6.45) is 6.70. The van der Waals surface area contributed by atoms with Crippen LogP contribution in [0.1, 0.15) is 33.6 Å². The molecule has 0 aliphatic carbocycles. The standard InChI is InChI=1S/C13H20N4O2/c1-5-8-14-11-15-12(18-9-6-2)17-13(16-11)19-10(4)7-3/h3,10H,5-6,8-9H2,1-2,4H3,(H,14,15,16,17). The van der Waals surface area contributed by atoms with Crippen LogP contribution < -0.4 is 14.8 Å². The Morgan fingerprint density at radius 2 is 1.95 bits per heavy atom. The summed E-state index contributed by atoms with van der Waals surface area (Å²) < 4.78 is 10.8. The number of ether oxygens (including phenoxy) is 2. The summed E-state index contributed by atoms with van der Waals surface area (Å²) in [5, 5.41) is 3.07. The summed E-state index contributed by atoms with van der Waals surface area (Å²) in [4.78, 5) is 12.4. The van der Waals surface area contributed by atoms with Crippen LogP contribution in [0.2, 0.25) is 0 Å². The molecule has 1 unspecified atom stereocenters. The first kappa shape index (κ1) is 15.0. The Kier molecular flexibility index (Phi) is 6.44. The summed E-state index contributed by atoms with van der Waals surface area (Å²) in [5.41, 5.74) is 0. The molecule has 1 N–H and O–H groups in total. The number of nitrogens with one attached hydrogen (secondary N) is 1. The highest BCUT2D eigenvalue weighted by molar-refractivity contribution is 5.27. The Morgan fingerprint density at radius 1 is 1.21 bits per heavy atom. The first-order valence-corrected chi connectivity index (χ1v) is 6.45. The summed E-state index contributed by atoms with van der Waals surface area (Å²) in [5.74, 6) is 2.89. The minimum absolute atomic E-state index is 0.171. The predicted molar refractivity (Wildman–Crippen MR) is 73.3 cm³/mol. The van der Waals surface area contributed by atoms with Crippen molar-refractivity contribution in [3.63, 3.8) is 0 Å². The van der Waals surface area contributed by atoms with Crippen molar-refractivity contribution >= 4 is 5.95 Å². The molecule has 0 bridgehead atoms. The van der Waals surface area contributed by atoms with Gasteiger partial charge in [-0.25, -0.2) is 0 Å². The summed E-state index contributed by atoms with van der Waals surface area (Å²) in [7, 11) is 0. The molecule has 1 rings (SSSR count). The van der Waals surface area contributed by atoms with Gasteiger partial charge in [-0.15, -0.1) is 11.4 Å². The number of rotatable bonds is 8. The lowest BCUT2D eigenvalue weighted by Gasteiger charge is -2.10. The molecule has 1 aromatic heterocycles. The molecule has 0 radical (unpaired) electrons. The lowest BCUT2D eigenvalue weighted by atomic mass is 10.4. The van der Waals surface area contributed by atoms with Gasteiger partial charge in [-0.2, -0.15) is 9.97 Å². The fourth-order valence-electron chi connectivity index (χ4n) is 1.16. The van der Waals surface area contributed by atoms with E-state index in [1.54, 1.807) is 6.92 Å². The van der Waals surface area contributed by atoms with Gasteiger partial charge >= 0.3 is 12.0 Å². The van der Waals surface area contributed by atoms with Crippen molar-refractivity contribution in [3.05, 3.63) is 0 Å². The molecule has 0 aliphatic heterocycles. The van der Waals surface area contributed by atoms with Crippen LogP contribution in [0.5, 0.6) is 12.0 Å². The second kappa shape index (κ2) is 8.14. The van der Waals surface area contributed by atoms with Crippen LogP contribution >= 0.6 is 0 Å². The largest absolute Gasteiger partial charge is 0.463 e. The number of terminal acetylenes is 1. The highest BCUT2D eigenvalue weighted by atomic mass is 16.5. The van der Waals surface area contributed by atoms with Gasteiger partial charge in [0.1, 0.15) is 0 Å². The van der Waals surface area contributed by atoms with Gasteiger partial charge in [0.05, 0.1) is 6.61 Å². The second-order valence-electron chi connectivity index (χ2n) is 3.93. The van der Waals surface area contributed by atoms with E-state index in [0.717, 1.165) is 19.4 Å². The van der Waals surface area contributed by atoms with Crippen LogP contribution in [0.3, 0.4) is 0 Å². The Balaban J connectivity index is 2.85. The van der Waals surface area contributed by atoms with E-state index in [1.165, 1.54) is 0 Å². The van der Waals surface area contributed by atoms with Crippen molar-refractivity contribution in [1.82, 2.24) is 15.0 Å². The molecule has 0 saturated heterocycles. The maximum absolute atomic E-state index is 5.40. The van der Waals surface area contributed by atoms with Crippen molar-refractivity contribution in [2.45, 2.75) is 39.7 Å². The molecule has 0 saturated carbocycles. The van der Waals surface area contributed by atoms with Gasteiger partial charge in [0.2, 0.25) is 5.95 Å². The molecule has 1 aromatic rings. The SMILES string of the molecule is C#CC(C)Oc1nc(NCCC)nc(OCCC)n1. The van der Waals surface area contributed by atoms with Crippen LogP contribution in [-0.2, 0) is 0 Å². The van der Waals surface area contributed by atoms with E-state index < -0.39 is 6.10 Å². The monoisotopic (exact) mass is 264 g/mol. The topological polar surface area (TPSA) is 69.2 Å². The summed E-state index contributed by atoms with van der Waals surface area (Å²) in [6.45, 7) is 7.12. The van der Waals surface area contributed by atoms with Crippen molar-refractivity contribution < 1.29 is 9.47 Å². The fraction of sp³-hybridized carbons (Fsp3) is 0.615. The number of nitrogens with zero attached hydrogens (tertiary/aromatic N) is 3. The molecule has 0 fully saturated rings. The zero-order chi connectivity index (χ0) is 14.1.